The van der Waals surface area contributed by atoms with Crippen molar-refractivity contribution in [2.45, 2.75) is 13.3 Å². The van der Waals surface area contributed by atoms with Gasteiger partial charge >= 0.3 is 0 Å². The number of benzene rings is 1. The number of nitrogens with one attached hydrogen (secondary N) is 2. The Hall–Kier alpha value is -2.51. The lowest BCUT2D eigenvalue weighted by Gasteiger charge is -2.04. The summed E-state index contributed by atoms with van der Waals surface area (Å²) in [5.41, 5.74) is 3.10. The van der Waals surface area contributed by atoms with Crippen LogP contribution < -0.4 is 10.6 Å². The zero-order valence-corrected chi connectivity index (χ0v) is 14.5. The van der Waals surface area contributed by atoms with Crippen molar-refractivity contribution in [3.8, 4) is 11.3 Å². The highest BCUT2D eigenvalue weighted by Crippen LogP contribution is 2.26. The Labute approximate surface area is 147 Å². The summed E-state index contributed by atoms with van der Waals surface area (Å²) >= 11 is 2.86. The van der Waals surface area contributed by atoms with Gasteiger partial charge in [-0.15, -0.1) is 11.3 Å². The van der Waals surface area contributed by atoms with Crippen molar-refractivity contribution in [1.82, 2.24) is 4.98 Å². The SMILES string of the molecule is CCC(=O)Nc1ccc(-c2csc(NC(=O)c3ccsc3)n2)cc1. The summed E-state index contributed by atoms with van der Waals surface area (Å²) < 4.78 is 0. The average molecular weight is 357 g/mol. The molecule has 2 amide bonds. The van der Waals surface area contributed by atoms with Crippen molar-refractivity contribution < 1.29 is 9.59 Å². The fraction of sp³-hybridized carbons (Fsp3) is 0.118. The third-order valence-corrected chi connectivity index (χ3v) is 4.73. The summed E-state index contributed by atoms with van der Waals surface area (Å²) in [7, 11) is 0. The Bertz CT molecular complexity index is 839. The Balaban J connectivity index is 1.69. The molecule has 122 valence electrons. The first kappa shape index (κ1) is 16.4. The van der Waals surface area contributed by atoms with Crippen LogP contribution in [0, 0.1) is 0 Å². The molecule has 0 atom stereocenters. The number of anilines is 2. The number of rotatable bonds is 5. The molecular weight excluding hydrogens is 342 g/mol. The maximum Gasteiger partial charge on any atom is 0.258 e. The van der Waals surface area contributed by atoms with E-state index < -0.39 is 0 Å². The third-order valence-electron chi connectivity index (χ3n) is 3.29. The first-order chi connectivity index (χ1) is 11.7. The highest BCUT2D eigenvalue weighted by atomic mass is 32.1. The molecule has 0 saturated heterocycles. The Morgan fingerprint density at radius 3 is 2.54 bits per heavy atom. The fourth-order valence-electron chi connectivity index (χ4n) is 2.00. The Morgan fingerprint density at radius 1 is 1.08 bits per heavy atom. The summed E-state index contributed by atoms with van der Waals surface area (Å²) in [4.78, 5) is 27.8. The van der Waals surface area contributed by atoms with E-state index in [9.17, 15) is 9.59 Å². The number of hydrogen-bond donors (Lipinski definition) is 2. The molecule has 3 rings (SSSR count). The molecule has 0 spiro atoms. The van der Waals surface area contributed by atoms with Crippen LogP contribution in [0.5, 0.6) is 0 Å². The number of amides is 2. The van der Waals surface area contributed by atoms with Crippen LogP contribution in [0.2, 0.25) is 0 Å². The molecule has 0 aliphatic heterocycles. The zero-order chi connectivity index (χ0) is 16.9. The van der Waals surface area contributed by atoms with Gasteiger partial charge in [-0.25, -0.2) is 4.98 Å². The van der Waals surface area contributed by atoms with Gasteiger partial charge in [0.1, 0.15) is 0 Å². The predicted molar refractivity (Wildman–Crippen MR) is 98.7 cm³/mol. The average Bonchev–Trinajstić information content (AvgIpc) is 3.27. The van der Waals surface area contributed by atoms with E-state index in [0.717, 1.165) is 16.9 Å². The fourth-order valence-corrected chi connectivity index (χ4v) is 3.35. The van der Waals surface area contributed by atoms with Gasteiger partial charge < -0.3 is 5.32 Å². The van der Waals surface area contributed by atoms with E-state index in [1.54, 1.807) is 11.4 Å². The predicted octanol–water partition coefficient (Wildman–Crippen LogP) is 4.47. The van der Waals surface area contributed by atoms with Crippen molar-refractivity contribution in [3.05, 3.63) is 52.0 Å². The normalized spacial score (nSPS) is 10.4. The molecule has 0 saturated carbocycles. The molecule has 0 radical (unpaired) electrons. The van der Waals surface area contributed by atoms with E-state index in [2.05, 4.69) is 15.6 Å². The van der Waals surface area contributed by atoms with Crippen LogP contribution in [0.1, 0.15) is 23.7 Å². The molecule has 1 aromatic carbocycles. The minimum absolute atomic E-state index is 0.0187. The molecule has 3 aromatic rings. The highest BCUT2D eigenvalue weighted by Gasteiger charge is 2.10. The van der Waals surface area contributed by atoms with E-state index in [0.29, 0.717) is 17.1 Å². The van der Waals surface area contributed by atoms with Gasteiger partial charge in [0.2, 0.25) is 5.91 Å². The van der Waals surface area contributed by atoms with Crippen molar-refractivity contribution in [3.63, 3.8) is 0 Å². The van der Waals surface area contributed by atoms with Gasteiger partial charge in [-0.3, -0.25) is 14.9 Å². The maximum atomic E-state index is 12.0. The van der Waals surface area contributed by atoms with E-state index in [4.69, 9.17) is 0 Å². The lowest BCUT2D eigenvalue weighted by Crippen LogP contribution is -2.10. The van der Waals surface area contributed by atoms with Crippen molar-refractivity contribution in [2.75, 3.05) is 10.6 Å². The van der Waals surface area contributed by atoms with Crippen LogP contribution in [0.3, 0.4) is 0 Å². The molecule has 0 fully saturated rings. The minimum atomic E-state index is -0.158. The van der Waals surface area contributed by atoms with E-state index in [1.165, 1.54) is 22.7 Å². The zero-order valence-electron chi connectivity index (χ0n) is 12.9. The van der Waals surface area contributed by atoms with Crippen LogP contribution in [0.4, 0.5) is 10.8 Å². The summed E-state index contributed by atoms with van der Waals surface area (Å²) in [6, 6.07) is 9.24. The molecule has 24 heavy (non-hydrogen) atoms. The second-order valence-corrected chi connectivity index (χ2v) is 6.62. The van der Waals surface area contributed by atoms with E-state index >= 15 is 0 Å². The molecule has 2 aromatic heterocycles. The third kappa shape index (κ3) is 3.87. The maximum absolute atomic E-state index is 12.0. The molecular formula is C17H15N3O2S2. The highest BCUT2D eigenvalue weighted by molar-refractivity contribution is 7.14. The smallest absolute Gasteiger partial charge is 0.258 e. The van der Waals surface area contributed by atoms with Gasteiger partial charge in [0.25, 0.3) is 5.91 Å². The van der Waals surface area contributed by atoms with Gasteiger partial charge in [0.05, 0.1) is 11.3 Å². The molecule has 2 N–H and O–H groups in total. The first-order valence-electron chi connectivity index (χ1n) is 7.35. The molecule has 0 aliphatic rings. The van der Waals surface area contributed by atoms with Crippen LogP contribution in [0.25, 0.3) is 11.3 Å². The van der Waals surface area contributed by atoms with Gasteiger partial charge in [-0.2, -0.15) is 11.3 Å². The lowest BCUT2D eigenvalue weighted by molar-refractivity contribution is -0.115. The Morgan fingerprint density at radius 2 is 1.88 bits per heavy atom. The van der Waals surface area contributed by atoms with Crippen LogP contribution >= 0.6 is 22.7 Å². The van der Waals surface area contributed by atoms with Crippen molar-refractivity contribution in [1.29, 1.82) is 0 Å². The summed E-state index contributed by atoms with van der Waals surface area (Å²) in [6.45, 7) is 1.81. The molecule has 0 unspecified atom stereocenters. The summed E-state index contributed by atoms with van der Waals surface area (Å²) in [5, 5.41) is 11.7. The number of carbonyl (C=O) groups excluding carboxylic acids is 2. The van der Waals surface area contributed by atoms with Crippen LogP contribution in [0.15, 0.2) is 46.5 Å². The van der Waals surface area contributed by atoms with Crippen molar-refractivity contribution >= 4 is 45.3 Å². The molecule has 0 aliphatic carbocycles. The second kappa shape index (κ2) is 7.37. The van der Waals surface area contributed by atoms with Gasteiger partial charge in [0, 0.05) is 28.4 Å². The Kier molecular flexibility index (Phi) is 5.02. The van der Waals surface area contributed by atoms with E-state index in [-0.39, 0.29) is 11.8 Å². The number of nitrogens with zero attached hydrogens (tertiary/aromatic N) is 1. The van der Waals surface area contributed by atoms with E-state index in [1.807, 2.05) is 41.9 Å². The topological polar surface area (TPSA) is 71.1 Å². The summed E-state index contributed by atoms with van der Waals surface area (Å²) in [5.74, 6) is -0.176. The number of thiophene rings is 1. The monoisotopic (exact) mass is 357 g/mol. The van der Waals surface area contributed by atoms with Gasteiger partial charge in [-0.05, 0) is 23.6 Å². The summed E-state index contributed by atoms with van der Waals surface area (Å²) in [6.07, 6.45) is 0.445. The lowest BCUT2D eigenvalue weighted by atomic mass is 10.1. The minimum Gasteiger partial charge on any atom is -0.326 e. The number of aromatic nitrogens is 1. The van der Waals surface area contributed by atoms with Gasteiger partial charge in [0.15, 0.2) is 5.13 Å². The molecule has 7 heteroatoms. The number of thiazole rings is 1. The number of carbonyl (C=O) groups is 2. The second-order valence-electron chi connectivity index (χ2n) is 4.98. The molecule has 2 heterocycles. The van der Waals surface area contributed by atoms with Gasteiger partial charge in [-0.1, -0.05) is 19.1 Å². The van der Waals surface area contributed by atoms with Crippen LogP contribution in [-0.2, 0) is 4.79 Å². The number of hydrogen-bond acceptors (Lipinski definition) is 5. The quantitative estimate of drug-likeness (QED) is 0.707. The molecule has 5 nitrogen and oxygen atoms in total. The first-order valence-corrected chi connectivity index (χ1v) is 9.17. The largest absolute Gasteiger partial charge is 0.326 e. The van der Waals surface area contributed by atoms with Crippen molar-refractivity contribution in [2.24, 2.45) is 0 Å². The standard InChI is InChI=1S/C17H15N3O2S2/c1-2-15(21)18-13-5-3-11(4-6-13)14-10-24-17(19-14)20-16(22)12-7-8-23-9-12/h3-10H,2H2,1H3,(H,18,21)(H,19,20,22). The molecule has 0 bridgehead atoms. The van der Waals surface area contributed by atoms with Crippen LogP contribution in [-0.4, -0.2) is 16.8 Å².